The van der Waals surface area contributed by atoms with E-state index in [9.17, 15) is 9.59 Å². The first kappa shape index (κ1) is 30.2. The first-order valence-electron chi connectivity index (χ1n) is 14.0. The summed E-state index contributed by atoms with van der Waals surface area (Å²) >= 11 is 6.18. The number of alkyl carbamates (subject to hydrolysis) is 1. The first-order valence-corrected chi connectivity index (χ1v) is 14.4. The second-order valence-electron chi connectivity index (χ2n) is 11.2. The zero-order chi connectivity index (χ0) is 29.6. The van der Waals surface area contributed by atoms with Crippen molar-refractivity contribution in [2.75, 3.05) is 13.2 Å². The number of nitrogens with zero attached hydrogens (tertiary/aromatic N) is 4. The summed E-state index contributed by atoms with van der Waals surface area (Å²) in [6.45, 7) is 10.2. The van der Waals surface area contributed by atoms with Gasteiger partial charge in [0.25, 0.3) is 0 Å². The summed E-state index contributed by atoms with van der Waals surface area (Å²) in [6, 6.07) is 13.0. The molecule has 1 atom stereocenters. The molecular weight excluding hydrogens is 542 g/mol. The summed E-state index contributed by atoms with van der Waals surface area (Å²) in [4.78, 5) is 29.0. The molecule has 9 nitrogen and oxygen atoms in total. The zero-order valence-electron chi connectivity index (χ0n) is 24.4. The van der Waals surface area contributed by atoms with Gasteiger partial charge in [-0.1, -0.05) is 36.6 Å². The molecule has 10 heteroatoms. The number of hydrogen-bond acceptors (Lipinski definition) is 7. The number of halogens is 1. The smallest absolute Gasteiger partial charge is 0.407 e. The Bertz CT molecular complexity index is 1410. The summed E-state index contributed by atoms with van der Waals surface area (Å²) in [6.07, 6.45) is 3.56. The minimum absolute atomic E-state index is 0.0250. The van der Waals surface area contributed by atoms with Gasteiger partial charge in [0.15, 0.2) is 5.82 Å². The number of aryl methyl sites for hydroxylation is 1. The summed E-state index contributed by atoms with van der Waals surface area (Å²) in [5, 5.41) is 12.1. The van der Waals surface area contributed by atoms with Crippen molar-refractivity contribution >= 4 is 29.2 Å². The van der Waals surface area contributed by atoms with Crippen LogP contribution in [0.3, 0.4) is 0 Å². The molecule has 1 aliphatic heterocycles. The highest BCUT2D eigenvalue weighted by Crippen LogP contribution is 2.34. The number of benzene rings is 2. The molecule has 0 fully saturated rings. The Hall–Kier alpha value is -3.72. The molecule has 0 unspecified atom stereocenters. The number of unbranched alkanes of at least 4 members (excludes halogenated alkanes) is 3. The summed E-state index contributed by atoms with van der Waals surface area (Å²) < 4.78 is 13.4. The number of nitrogens with one attached hydrogen (secondary N) is 1. The number of ether oxygens (including phenoxy) is 2. The van der Waals surface area contributed by atoms with Gasteiger partial charge in [-0.05, 0) is 77.8 Å². The molecule has 0 aliphatic carbocycles. The van der Waals surface area contributed by atoms with Gasteiger partial charge >= 0.3 is 6.09 Å². The lowest BCUT2D eigenvalue weighted by Gasteiger charge is -2.19. The van der Waals surface area contributed by atoms with Crippen molar-refractivity contribution in [1.29, 1.82) is 0 Å². The molecule has 0 bridgehead atoms. The third kappa shape index (κ3) is 8.16. The SMILES string of the molecule is CC(=O)C[C@@H]1N=C(c2ccc(Cl)cc2)c2cc(OCCCCCCNC(=O)OC(C)(C)C)ccc2-n2c(C)nnc21. The normalized spacial score (nSPS) is 14.4. The summed E-state index contributed by atoms with van der Waals surface area (Å²) in [5.74, 6) is 2.11. The number of aromatic nitrogens is 3. The number of aliphatic imine (C=N–C) groups is 1. The third-order valence-corrected chi connectivity index (χ3v) is 6.76. The molecule has 41 heavy (non-hydrogen) atoms. The molecule has 2 heterocycles. The Labute approximate surface area is 246 Å². The van der Waals surface area contributed by atoms with Gasteiger partial charge in [0.1, 0.15) is 29.0 Å². The van der Waals surface area contributed by atoms with Gasteiger partial charge in [-0.15, -0.1) is 10.2 Å². The predicted molar refractivity (Wildman–Crippen MR) is 159 cm³/mol. The maximum absolute atomic E-state index is 12.2. The quantitative estimate of drug-likeness (QED) is 0.258. The highest BCUT2D eigenvalue weighted by molar-refractivity contribution is 6.30. The first-order chi connectivity index (χ1) is 19.5. The van der Waals surface area contributed by atoms with E-state index in [-0.39, 0.29) is 18.3 Å². The Morgan fingerprint density at radius 1 is 1.02 bits per heavy atom. The van der Waals surface area contributed by atoms with E-state index in [4.69, 9.17) is 26.1 Å². The largest absolute Gasteiger partial charge is 0.494 e. The molecular formula is C31H38ClN5O4. The molecule has 0 radical (unpaired) electrons. The topological polar surface area (TPSA) is 108 Å². The lowest BCUT2D eigenvalue weighted by atomic mass is 10.00. The van der Waals surface area contributed by atoms with Crippen LogP contribution in [0, 0.1) is 6.92 Å². The fraction of sp³-hybridized carbons (Fsp3) is 0.452. The van der Waals surface area contributed by atoms with Crippen LogP contribution in [0.1, 0.15) is 88.6 Å². The van der Waals surface area contributed by atoms with E-state index in [0.29, 0.717) is 24.0 Å². The van der Waals surface area contributed by atoms with Crippen molar-refractivity contribution in [2.45, 2.75) is 78.4 Å². The zero-order valence-corrected chi connectivity index (χ0v) is 25.1. The Balaban J connectivity index is 1.46. The van der Waals surface area contributed by atoms with Crippen LogP contribution in [0.5, 0.6) is 5.75 Å². The number of hydrogen-bond donors (Lipinski definition) is 1. The van der Waals surface area contributed by atoms with E-state index in [1.54, 1.807) is 6.92 Å². The van der Waals surface area contributed by atoms with Crippen molar-refractivity contribution in [3.05, 3.63) is 70.3 Å². The summed E-state index contributed by atoms with van der Waals surface area (Å²) in [7, 11) is 0. The molecule has 1 aliphatic rings. The van der Waals surface area contributed by atoms with Gasteiger partial charge in [-0.2, -0.15) is 0 Å². The maximum Gasteiger partial charge on any atom is 0.407 e. The lowest BCUT2D eigenvalue weighted by molar-refractivity contribution is -0.117. The Morgan fingerprint density at radius 2 is 1.76 bits per heavy atom. The Kier molecular flexibility index (Phi) is 9.81. The van der Waals surface area contributed by atoms with E-state index in [0.717, 1.165) is 59.8 Å². The fourth-order valence-corrected chi connectivity index (χ4v) is 4.81. The van der Waals surface area contributed by atoms with Gasteiger partial charge in [0.05, 0.1) is 18.0 Å². The molecule has 1 amide bonds. The Morgan fingerprint density at radius 3 is 2.46 bits per heavy atom. The van der Waals surface area contributed by atoms with Gasteiger partial charge in [-0.3, -0.25) is 14.4 Å². The van der Waals surface area contributed by atoms with E-state index >= 15 is 0 Å². The minimum atomic E-state index is -0.494. The van der Waals surface area contributed by atoms with Crippen LogP contribution in [0.2, 0.25) is 5.02 Å². The van der Waals surface area contributed by atoms with Gasteiger partial charge in [0, 0.05) is 29.1 Å². The van der Waals surface area contributed by atoms with Crippen molar-refractivity contribution in [2.24, 2.45) is 4.99 Å². The second kappa shape index (κ2) is 13.3. The monoisotopic (exact) mass is 579 g/mol. The van der Waals surface area contributed by atoms with E-state index in [1.807, 2.05) is 74.7 Å². The molecule has 3 aromatic rings. The van der Waals surface area contributed by atoms with E-state index < -0.39 is 11.6 Å². The number of carbonyl (C=O) groups is 2. The van der Waals surface area contributed by atoms with Gasteiger partial charge in [-0.25, -0.2) is 4.79 Å². The average Bonchev–Trinajstić information content (AvgIpc) is 3.22. The number of ketones is 1. The van der Waals surface area contributed by atoms with Crippen LogP contribution >= 0.6 is 11.6 Å². The lowest BCUT2D eigenvalue weighted by Crippen LogP contribution is -2.32. The van der Waals surface area contributed by atoms with E-state index in [1.165, 1.54) is 0 Å². The second-order valence-corrected chi connectivity index (χ2v) is 11.7. The van der Waals surface area contributed by atoms with Crippen LogP contribution in [-0.2, 0) is 9.53 Å². The number of carbonyl (C=O) groups excluding carboxylic acids is 2. The van der Waals surface area contributed by atoms with Crippen molar-refractivity contribution in [3.8, 4) is 11.4 Å². The highest BCUT2D eigenvalue weighted by Gasteiger charge is 2.29. The van der Waals surface area contributed by atoms with Crippen LogP contribution in [0.25, 0.3) is 5.69 Å². The molecule has 2 aromatic carbocycles. The van der Waals surface area contributed by atoms with Crippen LogP contribution < -0.4 is 10.1 Å². The average molecular weight is 580 g/mol. The van der Waals surface area contributed by atoms with Crippen LogP contribution in [0.4, 0.5) is 4.79 Å². The minimum Gasteiger partial charge on any atom is -0.494 e. The number of rotatable bonds is 11. The van der Waals surface area contributed by atoms with Gasteiger partial charge < -0.3 is 14.8 Å². The third-order valence-electron chi connectivity index (χ3n) is 6.50. The number of fused-ring (bicyclic) bond motifs is 3. The van der Waals surface area contributed by atoms with Gasteiger partial charge in [0.2, 0.25) is 0 Å². The molecule has 4 rings (SSSR count). The molecule has 0 saturated carbocycles. The highest BCUT2D eigenvalue weighted by atomic mass is 35.5. The number of amides is 1. The maximum atomic E-state index is 12.2. The molecule has 218 valence electrons. The van der Waals surface area contributed by atoms with Crippen LogP contribution in [0.15, 0.2) is 47.5 Å². The van der Waals surface area contributed by atoms with Crippen LogP contribution in [-0.4, -0.2) is 51.1 Å². The van der Waals surface area contributed by atoms with Crippen molar-refractivity contribution in [1.82, 2.24) is 20.1 Å². The van der Waals surface area contributed by atoms with Crippen molar-refractivity contribution < 1.29 is 19.1 Å². The van der Waals surface area contributed by atoms with Crippen molar-refractivity contribution in [3.63, 3.8) is 0 Å². The molecule has 0 saturated heterocycles. The standard InChI is InChI=1S/C31H38ClN5O4/c1-20(38)18-26-29-36-35-21(2)37(29)27-15-14-24(19-25(27)28(34-26)22-10-12-23(32)13-11-22)40-17-9-7-6-8-16-33-30(39)41-31(3,4)5/h10-15,19,26H,6-9,16-18H2,1-5H3,(H,33,39)/t26-/m0/s1. The molecule has 1 aromatic heterocycles. The fourth-order valence-electron chi connectivity index (χ4n) is 4.69. The predicted octanol–water partition coefficient (Wildman–Crippen LogP) is 6.56. The summed E-state index contributed by atoms with van der Waals surface area (Å²) in [5.41, 5.74) is 2.89. The number of Topliss-reactive ketones (excluding diaryl/α,β-unsaturated/α-hetero) is 1. The molecule has 0 spiro atoms. The molecule has 1 N–H and O–H groups in total. The van der Waals surface area contributed by atoms with E-state index in [2.05, 4.69) is 15.5 Å².